The summed E-state index contributed by atoms with van der Waals surface area (Å²) in [5, 5.41) is 15.8. The molecule has 2 unspecified atom stereocenters. The third-order valence-corrected chi connectivity index (χ3v) is 11.9. The molecule has 10 heteroatoms. The molecule has 4 aromatic rings. The van der Waals surface area contributed by atoms with Crippen LogP contribution in [-0.2, 0) is 4.74 Å². The predicted octanol–water partition coefficient (Wildman–Crippen LogP) is 6.02. The highest BCUT2D eigenvalue weighted by Crippen LogP contribution is 2.49. The fraction of sp³-hybridized carbons (Fsp3) is 0.487. The average Bonchev–Trinajstić information content (AvgIpc) is 3.65. The summed E-state index contributed by atoms with van der Waals surface area (Å²) in [4.78, 5) is 14.5. The quantitative estimate of drug-likeness (QED) is 0.232. The van der Waals surface area contributed by atoms with Crippen molar-refractivity contribution in [2.45, 2.75) is 57.0 Å². The summed E-state index contributed by atoms with van der Waals surface area (Å²) in [5.41, 5.74) is 1.04. The highest BCUT2D eigenvalue weighted by molar-refractivity contribution is 6.04. The number of hydrogen-bond donors (Lipinski definition) is 2. The zero-order valence-electron chi connectivity index (χ0n) is 27.6. The first-order valence-corrected chi connectivity index (χ1v) is 17.7. The molecule has 8 nitrogen and oxygen atoms in total. The maximum Gasteiger partial charge on any atom is 0.319 e. The molecule has 0 radical (unpaired) electrons. The lowest BCUT2D eigenvalue weighted by atomic mass is 9.80. The van der Waals surface area contributed by atoms with Crippen LogP contribution in [0.15, 0.2) is 36.4 Å². The molecule has 2 atom stereocenters. The van der Waals surface area contributed by atoms with Crippen LogP contribution in [0.2, 0.25) is 0 Å². The van der Waals surface area contributed by atoms with E-state index in [4.69, 9.17) is 25.9 Å². The fourth-order valence-electron chi connectivity index (χ4n) is 8.98. The number of likely N-dealkylation sites (tertiary alicyclic amines) is 1. The van der Waals surface area contributed by atoms with Crippen LogP contribution in [0.1, 0.15) is 50.5 Å². The molecule has 2 N–H and O–H groups in total. The summed E-state index contributed by atoms with van der Waals surface area (Å²) < 4.78 is 43.9. The number of anilines is 1. The number of rotatable bonds is 7. The van der Waals surface area contributed by atoms with Crippen molar-refractivity contribution in [3.8, 4) is 35.2 Å². The number of benzene rings is 3. The molecule has 5 aliphatic rings. The summed E-state index contributed by atoms with van der Waals surface area (Å²) in [6.45, 7) is 6.92. The molecule has 2 bridgehead atoms. The first-order valence-electron chi connectivity index (χ1n) is 17.7. The number of ether oxygens (including phenoxy) is 2. The Morgan fingerprint density at radius 1 is 1.00 bits per heavy atom. The Hall–Kier alpha value is -4.04. The van der Waals surface area contributed by atoms with E-state index in [1.165, 1.54) is 30.7 Å². The van der Waals surface area contributed by atoms with E-state index in [2.05, 4.69) is 21.0 Å². The predicted molar refractivity (Wildman–Crippen MR) is 185 cm³/mol. The van der Waals surface area contributed by atoms with E-state index in [1.54, 1.807) is 6.07 Å². The largest absolute Gasteiger partial charge is 0.508 e. The van der Waals surface area contributed by atoms with Gasteiger partial charge in [0.25, 0.3) is 0 Å². The molecular weight excluding hydrogens is 624 g/mol. The molecule has 3 aromatic carbocycles. The monoisotopic (exact) mass is 665 g/mol. The number of nitrogens with one attached hydrogen (secondary N) is 1. The molecule has 254 valence electrons. The van der Waals surface area contributed by atoms with Gasteiger partial charge in [0.1, 0.15) is 22.9 Å². The number of fused-ring (bicyclic) bond motifs is 4. The SMILES string of the molecule is C#Cc1c(F)ccc2cc(O)cc(-c3ccc4c(N5CC6CCC(C5)N6)nc(OCC5(CN6CCC7(CCOCC7)C6)CC5)nc4c3F)c12. The van der Waals surface area contributed by atoms with Crippen LogP contribution in [0, 0.1) is 34.8 Å². The van der Waals surface area contributed by atoms with E-state index in [0.29, 0.717) is 51.6 Å². The van der Waals surface area contributed by atoms with E-state index in [-0.39, 0.29) is 33.8 Å². The van der Waals surface area contributed by atoms with Crippen molar-refractivity contribution >= 4 is 27.5 Å². The zero-order valence-corrected chi connectivity index (χ0v) is 27.6. The molecule has 5 fully saturated rings. The molecule has 0 amide bonds. The molecule has 1 aliphatic carbocycles. The van der Waals surface area contributed by atoms with Crippen LogP contribution in [0.4, 0.5) is 14.6 Å². The smallest absolute Gasteiger partial charge is 0.319 e. The number of terminal acetylenes is 1. The Morgan fingerprint density at radius 3 is 2.55 bits per heavy atom. The van der Waals surface area contributed by atoms with E-state index in [0.717, 1.165) is 84.5 Å². The number of aromatic nitrogens is 2. The van der Waals surface area contributed by atoms with Gasteiger partial charge in [0.05, 0.1) is 12.2 Å². The van der Waals surface area contributed by atoms with Crippen LogP contribution >= 0.6 is 0 Å². The van der Waals surface area contributed by atoms with E-state index in [9.17, 15) is 9.50 Å². The van der Waals surface area contributed by atoms with Gasteiger partial charge >= 0.3 is 6.01 Å². The second-order valence-corrected chi connectivity index (χ2v) is 15.2. The van der Waals surface area contributed by atoms with Crippen LogP contribution in [-0.4, -0.2) is 84.6 Å². The van der Waals surface area contributed by atoms with E-state index in [1.807, 2.05) is 6.07 Å². The van der Waals surface area contributed by atoms with Gasteiger partial charge in [-0.3, -0.25) is 0 Å². The molecule has 5 heterocycles. The topological polar surface area (TPSA) is 83.0 Å². The van der Waals surface area contributed by atoms with Gasteiger partial charge in [-0.25, -0.2) is 8.78 Å². The van der Waals surface area contributed by atoms with Gasteiger partial charge in [0.2, 0.25) is 0 Å². The van der Waals surface area contributed by atoms with Crippen molar-refractivity contribution in [1.82, 2.24) is 20.2 Å². The van der Waals surface area contributed by atoms with Crippen molar-refractivity contribution in [2.75, 3.05) is 57.4 Å². The van der Waals surface area contributed by atoms with Crippen molar-refractivity contribution in [1.29, 1.82) is 0 Å². The second-order valence-electron chi connectivity index (χ2n) is 15.2. The third kappa shape index (κ3) is 5.56. The first-order chi connectivity index (χ1) is 23.8. The Bertz CT molecular complexity index is 1990. The van der Waals surface area contributed by atoms with Crippen LogP contribution < -0.4 is 15.0 Å². The lowest BCUT2D eigenvalue weighted by molar-refractivity contribution is 0.0179. The minimum Gasteiger partial charge on any atom is -0.508 e. The lowest BCUT2D eigenvalue weighted by Gasteiger charge is -2.34. The van der Waals surface area contributed by atoms with Crippen LogP contribution in [0.25, 0.3) is 32.8 Å². The minimum atomic E-state index is -0.594. The number of piperazine rings is 1. The Morgan fingerprint density at radius 2 is 1.80 bits per heavy atom. The van der Waals surface area contributed by atoms with Crippen molar-refractivity contribution in [3.05, 3.63) is 53.6 Å². The number of phenols is 1. The standard InChI is InChI=1S/C39H41F2N5O3/c1-2-28-32(40)8-3-24-17-27(47)18-31(33(24)28)29-6-7-30-35(34(29)41)43-37(44-36(30)46-19-25-4-5-26(20-46)42-25)49-23-39(9-10-39)22-45-14-11-38(21-45)12-15-48-16-13-38/h1,3,6-8,17-18,25-26,42,47H,4-5,9-16,19-23H2. The number of hydrogen-bond acceptors (Lipinski definition) is 8. The minimum absolute atomic E-state index is 0.0196. The normalized spacial score (nSPS) is 24.1. The Labute approximate surface area is 284 Å². The number of halogens is 2. The maximum absolute atomic E-state index is 17.0. The van der Waals surface area contributed by atoms with Gasteiger partial charge in [-0.2, -0.15) is 9.97 Å². The summed E-state index contributed by atoms with van der Waals surface area (Å²) in [5.74, 6) is 1.84. The van der Waals surface area contributed by atoms with Crippen molar-refractivity contribution in [2.24, 2.45) is 10.8 Å². The van der Waals surface area contributed by atoms with Gasteiger partial charge in [0.15, 0.2) is 5.82 Å². The van der Waals surface area contributed by atoms with Gasteiger partial charge in [-0.05, 0) is 92.1 Å². The summed E-state index contributed by atoms with van der Waals surface area (Å²) in [6, 6.07) is 10.1. The molecule has 4 aliphatic heterocycles. The molecule has 49 heavy (non-hydrogen) atoms. The summed E-state index contributed by atoms with van der Waals surface area (Å²) in [7, 11) is 0. The van der Waals surface area contributed by atoms with Gasteiger partial charge in [-0.1, -0.05) is 18.1 Å². The molecule has 9 rings (SSSR count). The third-order valence-electron chi connectivity index (χ3n) is 11.9. The van der Waals surface area contributed by atoms with Crippen molar-refractivity contribution in [3.63, 3.8) is 0 Å². The number of phenolic OH excluding ortho intramolecular Hbond substituents is 1. The number of aromatic hydroxyl groups is 1. The Balaban J connectivity index is 1.08. The van der Waals surface area contributed by atoms with Gasteiger partial charge in [0, 0.05) is 73.2 Å². The molecule has 1 saturated carbocycles. The lowest BCUT2D eigenvalue weighted by Crippen LogP contribution is -2.51. The highest BCUT2D eigenvalue weighted by Gasteiger charge is 2.48. The molecule has 4 saturated heterocycles. The number of nitrogens with zero attached hydrogens (tertiary/aromatic N) is 4. The first kappa shape index (κ1) is 31.0. The second kappa shape index (κ2) is 11.8. The van der Waals surface area contributed by atoms with E-state index < -0.39 is 11.6 Å². The summed E-state index contributed by atoms with van der Waals surface area (Å²) >= 11 is 0. The van der Waals surface area contributed by atoms with E-state index >= 15 is 4.39 Å². The van der Waals surface area contributed by atoms with Crippen LogP contribution in [0.5, 0.6) is 11.8 Å². The zero-order chi connectivity index (χ0) is 33.3. The molecule has 1 aromatic heterocycles. The molecule has 1 spiro atoms. The van der Waals surface area contributed by atoms with Gasteiger partial charge < -0.3 is 29.7 Å². The highest BCUT2D eigenvalue weighted by atomic mass is 19.1. The van der Waals surface area contributed by atoms with Gasteiger partial charge in [-0.15, -0.1) is 6.42 Å². The molecular formula is C39H41F2N5O3. The van der Waals surface area contributed by atoms with Crippen molar-refractivity contribution < 1.29 is 23.4 Å². The Kier molecular flexibility index (Phi) is 7.45. The summed E-state index contributed by atoms with van der Waals surface area (Å²) in [6.07, 6.45) is 13.6. The average molecular weight is 666 g/mol. The van der Waals surface area contributed by atoms with Crippen LogP contribution in [0.3, 0.4) is 0 Å². The maximum atomic E-state index is 17.0. The fourth-order valence-corrected chi connectivity index (χ4v) is 8.98.